The van der Waals surface area contributed by atoms with E-state index in [0.29, 0.717) is 0 Å². The van der Waals surface area contributed by atoms with Gasteiger partial charge in [-0.25, -0.2) is 0 Å². The molecule has 0 aliphatic heterocycles. The Balaban J connectivity index is 2.47. The van der Waals surface area contributed by atoms with Crippen molar-refractivity contribution in [2.24, 2.45) is 5.73 Å². The highest BCUT2D eigenvalue weighted by Gasteiger charge is 2.13. The highest BCUT2D eigenvalue weighted by atomic mass is 16.5. The molecular formula is C10H17NO2. The molecule has 1 aliphatic rings. The molecule has 1 aliphatic carbocycles. The molecule has 0 aromatic carbocycles. The van der Waals surface area contributed by atoms with Gasteiger partial charge >= 0.3 is 5.97 Å². The van der Waals surface area contributed by atoms with Crippen molar-refractivity contribution in [3.05, 3.63) is 11.6 Å². The third-order valence-electron chi connectivity index (χ3n) is 2.38. The van der Waals surface area contributed by atoms with Crippen LogP contribution in [0.5, 0.6) is 0 Å². The van der Waals surface area contributed by atoms with Crippen molar-refractivity contribution in [1.29, 1.82) is 0 Å². The summed E-state index contributed by atoms with van der Waals surface area (Å²) < 4.78 is 4.55. The van der Waals surface area contributed by atoms with Crippen molar-refractivity contribution in [1.82, 2.24) is 0 Å². The summed E-state index contributed by atoms with van der Waals surface area (Å²) in [4.78, 5) is 11.0. The van der Waals surface area contributed by atoms with E-state index in [1.165, 1.54) is 31.9 Å². The first-order valence-corrected chi connectivity index (χ1v) is 4.77. The molecule has 74 valence electrons. The molecule has 0 radical (unpaired) electrons. The van der Waals surface area contributed by atoms with E-state index in [2.05, 4.69) is 4.74 Å². The zero-order valence-corrected chi connectivity index (χ0v) is 8.08. The summed E-state index contributed by atoms with van der Waals surface area (Å²) in [6.07, 6.45) is 7.77. The molecule has 13 heavy (non-hydrogen) atoms. The normalized spacial score (nSPS) is 19.4. The number of carbonyl (C=O) groups is 1. The standard InChI is InChI=1S/C10H17NO2/c1-13-10(12)9(11)7-8-5-3-2-4-6-8/h7,9H,2-6,11H2,1H3. The molecule has 3 nitrogen and oxygen atoms in total. The lowest BCUT2D eigenvalue weighted by atomic mass is 9.93. The van der Waals surface area contributed by atoms with Crippen molar-refractivity contribution in [2.75, 3.05) is 7.11 Å². The van der Waals surface area contributed by atoms with Gasteiger partial charge in [0.05, 0.1) is 7.11 Å². The van der Waals surface area contributed by atoms with E-state index in [1.807, 2.05) is 6.08 Å². The van der Waals surface area contributed by atoms with E-state index in [1.54, 1.807) is 0 Å². The third kappa shape index (κ3) is 3.19. The second-order valence-corrected chi connectivity index (χ2v) is 3.43. The van der Waals surface area contributed by atoms with E-state index in [0.717, 1.165) is 12.8 Å². The Hall–Kier alpha value is -0.830. The van der Waals surface area contributed by atoms with Crippen LogP contribution < -0.4 is 5.73 Å². The van der Waals surface area contributed by atoms with Gasteiger partial charge in [-0.2, -0.15) is 0 Å². The molecule has 0 saturated heterocycles. The SMILES string of the molecule is COC(=O)C(N)C=C1CCCCC1. The molecule has 1 atom stereocenters. The van der Waals surface area contributed by atoms with Gasteiger partial charge in [0, 0.05) is 0 Å². The predicted octanol–water partition coefficient (Wildman–Crippen LogP) is 1.38. The van der Waals surface area contributed by atoms with Crippen molar-refractivity contribution in [2.45, 2.75) is 38.1 Å². The van der Waals surface area contributed by atoms with E-state index in [-0.39, 0.29) is 5.97 Å². The molecule has 0 spiro atoms. The van der Waals surface area contributed by atoms with Crippen LogP contribution in [0.1, 0.15) is 32.1 Å². The fraction of sp³-hybridized carbons (Fsp3) is 0.700. The highest BCUT2D eigenvalue weighted by molar-refractivity contribution is 5.77. The monoisotopic (exact) mass is 183 g/mol. The van der Waals surface area contributed by atoms with Gasteiger partial charge in [0.15, 0.2) is 0 Å². The van der Waals surface area contributed by atoms with E-state index in [9.17, 15) is 4.79 Å². The minimum atomic E-state index is -0.571. The second-order valence-electron chi connectivity index (χ2n) is 3.43. The lowest BCUT2D eigenvalue weighted by molar-refractivity contribution is -0.140. The van der Waals surface area contributed by atoms with Crippen LogP contribution >= 0.6 is 0 Å². The number of carbonyl (C=O) groups excluding carboxylic acids is 1. The number of rotatable bonds is 2. The van der Waals surface area contributed by atoms with Crippen molar-refractivity contribution >= 4 is 5.97 Å². The van der Waals surface area contributed by atoms with E-state index in [4.69, 9.17) is 5.73 Å². The first-order chi connectivity index (χ1) is 6.24. The lowest BCUT2D eigenvalue weighted by Gasteiger charge is -2.14. The maximum atomic E-state index is 11.0. The molecule has 0 bridgehead atoms. The minimum Gasteiger partial charge on any atom is -0.468 e. The average molecular weight is 183 g/mol. The Morgan fingerprint density at radius 1 is 1.46 bits per heavy atom. The molecule has 1 unspecified atom stereocenters. The third-order valence-corrected chi connectivity index (χ3v) is 2.38. The summed E-state index contributed by atoms with van der Waals surface area (Å²) in [7, 11) is 1.36. The zero-order chi connectivity index (χ0) is 9.68. The molecule has 0 aromatic rings. The van der Waals surface area contributed by atoms with E-state index >= 15 is 0 Å². The number of methoxy groups -OCH3 is 1. The Bertz CT molecular complexity index is 203. The van der Waals surface area contributed by atoms with Gasteiger partial charge in [0.1, 0.15) is 6.04 Å². The summed E-state index contributed by atoms with van der Waals surface area (Å²) in [5.74, 6) is -0.349. The topological polar surface area (TPSA) is 52.3 Å². The first kappa shape index (κ1) is 10.3. The number of esters is 1. The Morgan fingerprint density at radius 2 is 2.08 bits per heavy atom. The maximum absolute atomic E-state index is 11.0. The van der Waals surface area contributed by atoms with Crippen LogP contribution in [-0.2, 0) is 9.53 Å². The van der Waals surface area contributed by atoms with Gasteiger partial charge < -0.3 is 10.5 Å². The van der Waals surface area contributed by atoms with Crippen LogP contribution in [0.4, 0.5) is 0 Å². The average Bonchev–Trinajstić information content (AvgIpc) is 2.18. The fourth-order valence-electron chi connectivity index (χ4n) is 1.63. The minimum absolute atomic E-state index is 0.349. The molecule has 3 heteroatoms. The molecule has 0 aromatic heterocycles. The maximum Gasteiger partial charge on any atom is 0.326 e. The van der Waals surface area contributed by atoms with Crippen LogP contribution in [0, 0.1) is 0 Å². The molecule has 1 fully saturated rings. The van der Waals surface area contributed by atoms with Gasteiger partial charge in [-0.3, -0.25) is 4.79 Å². The predicted molar refractivity (Wildman–Crippen MR) is 51.2 cm³/mol. The first-order valence-electron chi connectivity index (χ1n) is 4.77. The molecule has 2 N–H and O–H groups in total. The molecular weight excluding hydrogens is 166 g/mol. The van der Waals surface area contributed by atoms with Crippen LogP contribution in [0.3, 0.4) is 0 Å². The number of nitrogens with two attached hydrogens (primary N) is 1. The van der Waals surface area contributed by atoms with Crippen molar-refractivity contribution in [3.8, 4) is 0 Å². The van der Waals surface area contributed by atoms with Crippen molar-refractivity contribution < 1.29 is 9.53 Å². The van der Waals surface area contributed by atoms with Gasteiger partial charge in [-0.15, -0.1) is 0 Å². The summed E-state index contributed by atoms with van der Waals surface area (Å²) in [6.45, 7) is 0. The van der Waals surface area contributed by atoms with Crippen LogP contribution in [0.15, 0.2) is 11.6 Å². The summed E-state index contributed by atoms with van der Waals surface area (Å²) in [5.41, 5.74) is 6.92. The summed E-state index contributed by atoms with van der Waals surface area (Å²) in [5, 5.41) is 0. The number of ether oxygens (including phenoxy) is 1. The highest BCUT2D eigenvalue weighted by Crippen LogP contribution is 2.22. The van der Waals surface area contributed by atoms with Crippen LogP contribution in [-0.4, -0.2) is 19.1 Å². The van der Waals surface area contributed by atoms with Gasteiger partial charge in [0.2, 0.25) is 0 Å². The van der Waals surface area contributed by atoms with Crippen LogP contribution in [0.25, 0.3) is 0 Å². The van der Waals surface area contributed by atoms with E-state index < -0.39 is 6.04 Å². The molecule has 1 saturated carbocycles. The number of allylic oxidation sites excluding steroid dienone is 1. The summed E-state index contributed by atoms with van der Waals surface area (Å²) >= 11 is 0. The smallest absolute Gasteiger partial charge is 0.326 e. The van der Waals surface area contributed by atoms with Crippen LogP contribution in [0.2, 0.25) is 0 Å². The largest absolute Gasteiger partial charge is 0.468 e. The Morgan fingerprint density at radius 3 is 2.62 bits per heavy atom. The fourth-order valence-corrected chi connectivity index (χ4v) is 1.63. The second kappa shape index (κ2) is 5.02. The van der Waals surface area contributed by atoms with Gasteiger partial charge in [0.25, 0.3) is 0 Å². The summed E-state index contributed by atoms with van der Waals surface area (Å²) in [6, 6.07) is -0.571. The Labute approximate surface area is 78.9 Å². The lowest BCUT2D eigenvalue weighted by Crippen LogP contribution is -2.29. The van der Waals surface area contributed by atoms with Gasteiger partial charge in [-0.05, 0) is 25.7 Å². The number of hydrogen-bond acceptors (Lipinski definition) is 3. The quantitative estimate of drug-likeness (QED) is 0.519. The number of hydrogen-bond donors (Lipinski definition) is 1. The zero-order valence-electron chi connectivity index (χ0n) is 8.08. The molecule has 0 amide bonds. The van der Waals surface area contributed by atoms with Gasteiger partial charge in [-0.1, -0.05) is 18.1 Å². The van der Waals surface area contributed by atoms with Crippen molar-refractivity contribution in [3.63, 3.8) is 0 Å². The Kier molecular flexibility index (Phi) is 3.96. The molecule has 1 rings (SSSR count). The molecule has 0 heterocycles.